The highest BCUT2D eigenvalue weighted by Crippen LogP contribution is 2.27. The average Bonchev–Trinajstić information content (AvgIpc) is 2.64. The second kappa shape index (κ2) is 7.40. The molecule has 2 aromatic rings. The smallest absolute Gasteiger partial charge is 0.243 e. The summed E-state index contributed by atoms with van der Waals surface area (Å²) in [6.07, 6.45) is 4.24. The Morgan fingerprint density at radius 3 is 2.72 bits per heavy atom. The number of benzene rings is 1. The number of hydrogen-bond acceptors (Lipinski definition) is 5. The summed E-state index contributed by atoms with van der Waals surface area (Å²) >= 11 is 6.05. The van der Waals surface area contributed by atoms with Crippen molar-refractivity contribution in [2.45, 2.75) is 23.8 Å². The van der Waals surface area contributed by atoms with Crippen molar-refractivity contribution >= 4 is 21.6 Å². The maximum atomic E-state index is 12.8. The van der Waals surface area contributed by atoms with Crippen LogP contribution in [0.5, 0.6) is 5.75 Å². The molecule has 0 aliphatic carbocycles. The van der Waals surface area contributed by atoms with Gasteiger partial charge in [0.05, 0.1) is 23.1 Å². The van der Waals surface area contributed by atoms with E-state index in [0.29, 0.717) is 29.3 Å². The number of hydrogen-bond donors (Lipinski definition) is 0. The van der Waals surface area contributed by atoms with Crippen LogP contribution in [-0.4, -0.2) is 36.9 Å². The third-order valence-electron chi connectivity index (χ3n) is 3.99. The summed E-state index contributed by atoms with van der Waals surface area (Å²) in [6, 6.07) is 9.56. The van der Waals surface area contributed by atoms with Crippen molar-refractivity contribution in [2.24, 2.45) is 0 Å². The molecule has 0 saturated carbocycles. The Labute approximate surface area is 151 Å². The van der Waals surface area contributed by atoms with E-state index in [1.165, 1.54) is 34.8 Å². The lowest BCUT2D eigenvalue weighted by Gasteiger charge is -2.32. The van der Waals surface area contributed by atoms with Crippen molar-refractivity contribution < 1.29 is 13.2 Å². The van der Waals surface area contributed by atoms with Gasteiger partial charge in [0.1, 0.15) is 16.9 Å². The maximum absolute atomic E-state index is 12.8. The lowest BCUT2D eigenvalue weighted by molar-refractivity contribution is 0.130. The van der Waals surface area contributed by atoms with Crippen LogP contribution < -0.4 is 4.74 Å². The SMILES string of the molecule is N#Cc1ccc(S(=O)(=O)N2CCCC(Oc3ccncc3Cl)C2)cc1. The van der Waals surface area contributed by atoms with Crippen LogP contribution in [0.4, 0.5) is 0 Å². The van der Waals surface area contributed by atoms with Crippen molar-refractivity contribution in [3.8, 4) is 11.8 Å². The maximum Gasteiger partial charge on any atom is 0.243 e. The number of aromatic nitrogens is 1. The highest BCUT2D eigenvalue weighted by atomic mass is 35.5. The Morgan fingerprint density at radius 2 is 2.04 bits per heavy atom. The van der Waals surface area contributed by atoms with Crippen molar-refractivity contribution in [1.29, 1.82) is 5.26 Å². The summed E-state index contributed by atoms with van der Waals surface area (Å²) in [4.78, 5) is 4.08. The zero-order chi connectivity index (χ0) is 17.9. The molecule has 1 aliphatic heterocycles. The second-order valence-electron chi connectivity index (χ2n) is 5.69. The monoisotopic (exact) mass is 377 g/mol. The number of halogens is 1. The van der Waals surface area contributed by atoms with Gasteiger partial charge in [-0.1, -0.05) is 11.6 Å². The zero-order valence-corrected chi connectivity index (χ0v) is 14.9. The summed E-state index contributed by atoms with van der Waals surface area (Å²) in [6.45, 7) is 0.688. The number of ether oxygens (including phenoxy) is 1. The average molecular weight is 378 g/mol. The van der Waals surface area contributed by atoms with Crippen LogP contribution in [0.15, 0.2) is 47.6 Å². The summed E-state index contributed by atoms with van der Waals surface area (Å²) in [7, 11) is -3.62. The molecule has 0 bridgehead atoms. The van der Waals surface area contributed by atoms with Gasteiger partial charge in [-0.05, 0) is 37.1 Å². The Kier molecular flexibility index (Phi) is 5.23. The minimum Gasteiger partial charge on any atom is -0.487 e. The van der Waals surface area contributed by atoms with E-state index >= 15 is 0 Å². The fourth-order valence-corrected chi connectivity index (χ4v) is 4.38. The lowest BCUT2D eigenvalue weighted by atomic mass is 10.1. The molecule has 8 heteroatoms. The van der Waals surface area contributed by atoms with E-state index in [-0.39, 0.29) is 17.5 Å². The van der Waals surface area contributed by atoms with Gasteiger partial charge < -0.3 is 4.74 Å². The third-order valence-corrected chi connectivity index (χ3v) is 6.15. The highest BCUT2D eigenvalue weighted by molar-refractivity contribution is 7.89. The first kappa shape index (κ1) is 17.7. The number of piperidine rings is 1. The fraction of sp³-hybridized carbons (Fsp3) is 0.294. The Bertz CT molecular complexity index is 894. The van der Waals surface area contributed by atoms with E-state index in [9.17, 15) is 8.42 Å². The molecule has 3 rings (SSSR count). The topological polar surface area (TPSA) is 83.3 Å². The molecule has 1 fully saturated rings. The van der Waals surface area contributed by atoms with Gasteiger partial charge in [0.2, 0.25) is 10.0 Å². The lowest BCUT2D eigenvalue weighted by Crippen LogP contribution is -2.44. The van der Waals surface area contributed by atoms with Crippen molar-refractivity contribution in [3.05, 3.63) is 53.3 Å². The van der Waals surface area contributed by atoms with Gasteiger partial charge >= 0.3 is 0 Å². The van der Waals surface area contributed by atoms with E-state index in [1.807, 2.05) is 6.07 Å². The van der Waals surface area contributed by atoms with Gasteiger partial charge in [0, 0.05) is 25.0 Å². The molecule has 1 aromatic heterocycles. The summed E-state index contributed by atoms with van der Waals surface area (Å²) in [5.41, 5.74) is 0.422. The van der Waals surface area contributed by atoms with E-state index in [4.69, 9.17) is 21.6 Å². The molecule has 1 atom stereocenters. The largest absolute Gasteiger partial charge is 0.487 e. The van der Waals surface area contributed by atoms with Gasteiger partial charge in [-0.15, -0.1) is 0 Å². The summed E-state index contributed by atoms with van der Waals surface area (Å²) in [5, 5.41) is 9.23. The quantitative estimate of drug-likeness (QED) is 0.818. The van der Waals surface area contributed by atoms with E-state index in [1.54, 1.807) is 12.3 Å². The zero-order valence-electron chi connectivity index (χ0n) is 13.3. The van der Waals surface area contributed by atoms with Crippen LogP contribution in [0.1, 0.15) is 18.4 Å². The first-order valence-electron chi connectivity index (χ1n) is 7.77. The van der Waals surface area contributed by atoms with Gasteiger partial charge in [-0.2, -0.15) is 9.57 Å². The number of nitrogens with zero attached hydrogens (tertiary/aromatic N) is 3. The number of pyridine rings is 1. The number of sulfonamides is 1. The predicted molar refractivity (Wildman–Crippen MR) is 92.8 cm³/mol. The van der Waals surface area contributed by atoms with Crippen LogP contribution in [-0.2, 0) is 10.0 Å². The minimum atomic E-state index is -3.62. The van der Waals surface area contributed by atoms with Gasteiger partial charge in [0.15, 0.2) is 0 Å². The molecule has 1 aromatic carbocycles. The Balaban J connectivity index is 1.76. The first-order valence-corrected chi connectivity index (χ1v) is 9.59. The van der Waals surface area contributed by atoms with Crippen molar-refractivity contribution in [3.63, 3.8) is 0 Å². The third kappa shape index (κ3) is 3.93. The van der Waals surface area contributed by atoms with Crippen LogP contribution in [0.3, 0.4) is 0 Å². The van der Waals surface area contributed by atoms with Crippen LogP contribution >= 0.6 is 11.6 Å². The second-order valence-corrected chi connectivity index (χ2v) is 8.03. The van der Waals surface area contributed by atoms with E-state index < -0.39 is 10.0 Å². The number of nitriles is 1. The highest BCUT2D eigenvalue weighted by Gasteiger charge is 2.31. The standard InChI is InChI=1S/C17H16ClN3O3S/c18-16-11-20-8-7-17(16)24-14-2-1-9-21(12-14)25(22,23)15-5-3-13(10-19)4-6-15/h3-8,11,14H,1-2,9,12H2. The molecule has 0 radical (unpaired) electrons. The van der Waals surface area contributed by atoms with Gasteiger partial charge in [0.25, 0.3) is 0 Å². The van der Waals surface area contributed by atoms with Crippen LogP contribution in [0.25, 0.3) is 0 Å². The molecule has 0 spiro atoms. The molecule has 130 valence electrons. The molecule has 25 heavy (non-hydrogen) atoms. The molecule has 0 N–H and O–H groups in total. The molecular weight excluding hydrogens is 362 g/mol. The van der Waals surface area contributed by atoms with Crippen LogP contribution in [0.2, 0.25) is 5.02 Å². The molecule has 0 amide bonds. The minimum absolute atomic E-state index is 0.175. The molecule has 1 unspecified atom stereocenters. The van der Waals surface area contributed by atoms with E-state index in [2.05, 4.69) is 4.98 Å². The van der Waals surface area contributed by atoms with Gasteiger partial charge in [-0.25, -0.2) is 8.42 Å². The fourth-order valence-electron chi connectivity index (χ4n) is 2.71. The normalized spacial score (nSPS) is 18.5. The van der Waals surface area contributed by atoms with Crippen LogP contribution in [0, 0.1) is 11.3 Å². The molecule has 2 heterocycles. The predicted octanol–water partition coefficient (Wildman–Crippen LogP) is 2.84. The summed E-state index contributed by atoms with van der Waals surface area (Å²) < 4.78 is 32.9. The van der Waals surface area contributed by atoms with Crippen molar-refractivity contribution in [1.82, 2.24) is 9.29 Å². The Morgan fingerprint density at radius 1 is 1.28 bits per heavy atom. The molecular formula is C17H16ClN3O3S. The molecule has 6 nitrogen and oxygen atoms in total. The number of rotatable bonds is 4. The summed E-state index contributed by atoms with van der Waals surface area (Å²) in [5.74, 6) is 0.499. The van der Waals surface area contributed by atoms with E-state index in [0.717, 1.165) is 6.42 Å². The first-order chi connectivity index (χ1) is 12.0. The van der Waals surface area contributed by atoms with Gasteiger partial charge in [-0.3, -0.25) is 4.98 Å². The van der Waals surface area contributed by atoms with Crippen molar-refractivity contribution in [2.75, 3.05) is 13.1 Å². The Hall–Kier alpha value is -2.14. The molecule has 1 aliphatic rings. The molecule has 1 saturated heterocycles.